The van der Waals surface area contributed by atoms with E-state index in [0.717, 1.165) is 5.56 Å². The van der Waals surface area contributed by atoms with Gasteiger partial charge in [0.1, 0.15) is 23.7 Å². The summed E-state index contributed by atoms with van der Waals surface area (Å²) in [6, 6.07) is 8.16. The maximum Gasteiger partial charge on any atom is 0.190 e. The lowest BCUT2D eigenvalue weighted by atomic mass is 9.87. The van der Waals surface area contributed by atoms with Crippen molar-refractivity contribution >= 4 is 12.0 Å². The number of ether oxygens (including phenoxy) is 1. The maximum atomic E-state index is 14.2. The largest absolute Gasteiger partial charge is 0.482 e. The molecule has 154 valence electrons. The Morgan fingerprint density at radius 1 is 1.29 bits per heavy atom. The molecule has 0 amide bonds. The predicted octanol–water partition coefficient (Wildman–Crippen LogP) is 3.38. The van der Waals surface area contributed by atoms with Gasteiger partial charge in [-0.25, -0.2) is 14.1 Å². The van der Waals surface area contributed by atoms with Crippen LogP contribution in [-0.4, -0.2) is 26.2 Å². The van der Waals surface area contributed by atoms with Crippen LogP contribution in [0, 0.1) is 23.1 Å². The number of anilines is 1. The number of aromatic nitrogens is 4. The van der Waals surface area contributed by atoms with E-state index < -0.39 is 6.10 Å². The number of benzene rings is 1. The van der Waals surface area contributed by atoms with Gasteiger partial charge in [0.05, 0.1) is 12.6 Å². The van der Waals surface area contributed by atoms with Crippen LogP contribution >= 0.6 is 0 Å². The minimum absolute atomic E-state index is 0.0889. The molecule has 2 N–H and O–H groups in total. The van der Waals surface area contributed by atoms with Gasteiger partial charge in [-0.3, -0.25) is 4.99 Å². The monoisotopic (exact) mass is 415 g/mol. The van der Waals surface area contributed by atoms with Crippen molar-refractivity contribution < 1.29 is 9.13 Å². The predicted molar refractivity (Wildman–Crippen MR) is 112 cm³/mol. The van der Waals surface area contributed by atoms with E-state index in [1.807, 2.05) is 19.1 Å². The first-order valence-corrected chi connectivity index (χ1v) is 9.80. The number of aliphatic imine (C=N–C) groups is 1. The first kappa shape index (κ1) is 18.9. The lowest BCUT2D eigenvalue weighted by molar-refractivity contribution is 0.224. The third-order valence-electron chi connectivity index (χ3n) is 5.59. The zero-order valence-electron chi connectivity index (χ0n) is 16.6. The molecule has 0 fully saturated rings. The number of fused-ring (bicyclic) bond motifs is 7. The van der Waals surface area contributed by atoms with Crippen molar-refractivity contribution in [2.45, 2.75) is 25.6 Å². The second-order valence-corrected chi connectivity index (χ2v) is 7.51. The molecule has 0 saturated heterocycles. The molecule has 2 aromatic heterocycles. The molecule has 0 spiro atoms. The highest BCUT2D eigenvalue weighted by molar-refractivity contribution is 5.73. The molecule has 1 unspecified atom stereocenters. The number of nitrogens with zero attached hydrogens (tertiary/aromatic N) is 6. The van der Waals surface area contributed by atoms with Crippen LogP contribution in [0.5, 0.6) is 5.75 Å². The van der Waals surface area contributed by atoms with Gasteiger partial charge in [0.15, 0.2) is 17.3 Å². The summed E-state index contributed by atoms with van der Waals surface area (Å²) in [6.07, 6.45) is 6.70. The van der Waals surface area contributed by atoms with Crippen LogP contribution in [0.4, 0.5) is 10.2 Å². The number of rotatable bonds is 0. The molecule has 31 heavy (non-hydrogen) atoms. The van der Waals surface area contributed by atoms with Crippen LogP contribution < -0.4 is 10.5 Å². The Balaban J connectivity index is 1.76. The van der Waals surface area contributed by atoms with E-state index in [2.05, 4.69) is 26.4 Å². The zero-order valence-corrected chi connectivity index (χ0v) is 16.6. The number of dihydropyridines is 1. The molecule has 1 aromatic carbocycles. The summed E-state index contributed by atoms with van der Waals surface area (Å²) in [5, 5.41) is 17.8. The highest BCUT2D eigenvalue weighted by atomic mass is 19.1. The summed E-state index contributed by atoms with van der Waals surface area (Å²) in [6.45, 7) is 2.26. The number of nitrogen functional groups attached to an aromatic ring is 1. The summed E-state index contributed by atoms with van der Waals surface area (Å²) in [7, 11) is 0. The number of allylic oxidation sites excluding steroid dienone is 1. The number of halogens is 1. The average molecular weight is 415 g/mol. The van der Waals surface area contributed by atoms with Crippen molar-refractivity contribution in [3.63, 3.8) is 0 Å². The molecule has 0 saturated carbocycles. The van der Waals surface area contributed by atoms with Crippen LogP contribution in [0.1, 0.15) is 35.9 Å². The van der Waals surface area contributed by atoms with E-state index in [0.29, 0.717) is 29.1 Å². The van der Waals surface area contributed by atoms with Crippen LogP contribution in [0.3, 0.4) is 0 Å². The third kappa shape index (κ3) is 3.22. The minimum atomic E-state index is -0.510. The Morgan fingerprint density at radius 3 is 3.00 bits per heavy atom. The molecule has 4 heterocycles. The highest BCUT2D eigenvalue weighted by Crippen LogP contribution is 2.39. The molecule has 0 radical (unpaired) electrons. The lowest BCUT2D eigenvalue weighted by Gasteiger charge is -2.28. The normalized spacial score (nSPS) is 21.5. The molecule has 9 heteroatoms. The Hall–Kier alpha value is -4.06. The van der Waals surface area contributed by atoms with Gasteiger partial charge < -0.3 is 10.5 Å². The van der Waals surface area contributed by atoms with E-state index in [9.17, 15) is 9.65 Å². The quantitative estimate of drug-likeness (QED) is 0.602. The molecule has 0 aliphatic carbocycles. The molecule has 3 aromatic rings. The molecule has 2 bridgehead atoms. The Kier molecular flexibility index (Phi) is 4.47. The minimum Gasteiger partial charge on any atom is -0.482 e. The lowest BCUT2D eigenvalue weighted by Crippen LogP contribution is -2.22. The van der Waals surface area contributed by atoms with Crippen molar-refractivity contribution in [2.24, 2.45) is 10.9 Å². The van der Waals surface area contributed by atoms with Gasteiger partial charge in [-0.1, -0.05) is 17.4 Å². The summed E-state index contributed by atoms with van der Waals surface area (Å²) in [5.41, 5.74) is 8.92. The molecule has 8 nitrogen and oxygen atoms in total. The molecular weight excluding hydrogens is 397 g/mol. The molecular formula is C22H18FN7O. The number of nitrogens with two attached hydrogens (primary N) is 1. The van der Waals surface area contributed by atoms with Gasteiger partial charge in [-0.15, -0.1) is 5.10 Å². The van der Waals surface area contributed by atoms with Gasteiger partial charge in [0, 0.05) is 29.5 Å². The smallest absolute Gasteiger partial charge is 0.190 e. The van der Waals surface area contributed by atoms with Gasteiger partial charge in [0.2, 0.25) is 0 Å². The highest BCUT2D eigenvalue weighted by Gasteiger charge is 2.30. The Bertz CT molecular complexity index is 1270. The number of pyridine rings is 1. The van der Waals surface area contributed by atoms with Crippen LogP contribution in [0.25, 0.3) is 11.3 Å². The van der Waals surface area contributed by atoms with Gasteiger partial charge in [0.25, 0.3) is 0 Å². The fourth-order valence-corrected chi connectivity index (χ4v) is 4.12. The standard InChI is InChI=1S/C22H18FN7O/c1-12-17-8-15(23)4-5-16(17)20-13(3-2-6-26-20)11-30-21(18(9-24)28-29-30)14-7-19(31-12)22(25)27-10-14/h2-8,10,12-13,20H,11H2,1H3,(H2,25,27)/t12-,13?,20+/m1/s1. The summed E-state index contributed by atoms with van der Waals surface area (Å²) in [5.74, 6) is 0.0833. The molecule has 2 aliphatic rings. The number of hydrogen-bond acceptors (Lipinski definition) is 7. The van der Waals surface area contributed by atoms with Crippen LogP contribution in [0.15, 0.2) is 47.6 Å². The second kappa shape index (κ2) is 7.32. The van der Waals surface area contributed by atoms with E-state index in [1.165, 1.54) is 12.1 Å². The number of hydrogen-bond donors (Lipinski definition) is 1. The van der Waals surface area contributed by atoms with Gasteiger partial charge in [-0.2, -0.15) is 5.26 Å². The third-order valence-corrected chi connectivity index (χ3v) is 5.59. The topological polar surface area (TPSA) is 115 Å². The second-order valence-electron chi connectivity index (χ2n) is 7.51. The van der Waals surface area contributed by atoms with Gasteiger partial charge >= 0.3 is 0 Å². The number of nitriles is 1. The first-order chi connectivity index (χ1) is 15.0. The van der Waals surface area contributed by atoms with Crippen LogP contribution in [-0.2, 0) is 6.54 Å². The maximum absolute atomic E-state index is 14.2. The van der Waals surface area contributed by atoms with Crippen molar-refractivity contribution in [3.05, 3.63) is 65.3 Å². The molecule has 3 atom stereocenters. The Morgan fingerprint density at radius 2 is 2.16 bits per heavy atom. The zero-order chi connectivity index (χ0) is 21.5. The van der Waals surface area contributed by atoms with E-state index in [-0.39, 0.29) is 29.3 Å². The van der Waals surface area contributed by atoms with Crippen molar-refractivity contribution in [2.75, 3.05) is 5.73 Å². The molecule has 2 aliphatic heterocycles. The van der Waals surface area contributed by atoms with Gasteiger partial charge in [-0.05, 0) is 36.8 Å². The van der Waals surface area contributed by atoms with Crippen molar-refractivity contribution in [1.29, 1.82) is 5.26 Å². The first-order valence-electron chi connectivity index (χ1n) is 9.80. The van der Waals surface area contributed by atoms with Crippen molar-refractivity contribution in [3.8, 4) is 23.1 Å². The Labute approximate surface area is 177 Å². The van der Waals surface area contributed by atoms with Crippen molar-refractivity contribution in [1.82, 2.24) is 20.0 Å². The summed E-state index contributed by atoms with van der Waals surface area (Å²) < 4.78 is 22.0. The fourth-order valence-electron chi connectivity index (χ4n) is 4.12. The average Bonchev–Trinajstić information content (AvgIpc) is 3.17. The summed E-state index contributed by atoms with van der Waals surface area (Å²) >= 11 is 0. The fraction of sp³-hybridized carbons (Fsp3) is 0.227. The van der Waals surface area contributed by atoms with E-state index in [4.69, 9.17) is 10.5 Å². The summed E-state index contributed by atoms with van der Waals surface area (Å²) in [4.78, 5) is 8.91. The molecule has 5 rings (SSSR count). The SMILES string of the molecule is C[C@H]1Oc2cc(cnc2N)-c2c(C#N)nnn2CC2C=CC=N[C@@H]2c2ccc(F)cc21. The van der Waals surface area contributed by atoms with Crippen LogP contribution in [0.2, 0.25) is 0 Å². The van der Waals surface area contributed by atoms with E-state index in [1.54, 1.807) is 29.2 Å². The van der Waals surface area contributed by atoms with E-state index >= 15 is 0 Å².